The maximum Gasteiger partial charge on any atom is 0.328 e. The highest BCUT2D eigenvalue weighted by molar-refractivity contribution is 5.85. The Labute approximate surface area is 111 Å². The fourth-order valence-electron chi connectivity index (χ4n) is 1.64. The number of hydrogen-bond acceptors (Lipinski definition) is 3. The zero-order valence-corrected chi connectivity index (χ0v) is 10.6. The molecule has 0 atom stereocenters. The molecule has 1 aromatic rings. The van der Waals surface area contributed by atoms with Crippen LogP contribution >= 0.6 is 0 Å². The van der Waals surface area contributed by atoms with Gasteiger partial charge in [0, 0.05) is 25.6 Å². The molecule has 0 radical (unpaired) electrons. The monoisotopic (exact) mass is 262 g/mol. The smallest absolute Gasteiger partial charge is 0.328 e. The number of carbonyl (C=O) groups is 1. The Hall–Kier alpha value is -2.19. The molecular weight excluding hydrogens is 247 g/mol. The van der Waals surface area contributed by atoms with Crippen molar-refractivity contribution < 1.29 is 14.3 Å². The summed E-state index contributed by atoms with van der Waals surface area (Å²) in [6.45, 7) is 1.14. The molecule has 0 spiro atoms. The number of carboxylic acids is 1. The van der Waals surface area contributed by atoms with Crippen LogP contribution in [-0.2, 0) is 11.3 Å². The summed E-state index contributed by atoms with van der Waals surface area (Å²) < 4.78 is 13.2. The predicted octanol–water partition coefficient (Wildman–Crippen LogP) is 2.27. The summed E-state index contributed by atoms with van der Waals surface area (Å²) in [7, 11) is 1.85. The summed E-state index contributed by atoms with van der Waals surface area (Å²) in [6, 6.07) is 6.32. The van der Waals surface area contributed by atoms with Gasteiger partial charge in [-0.15, -0.1) is 0 Å². The van der Waals surface area contributed by atoms with Gasteiger partial charge in [-0.1, -0.05) is 6.07 Å². The summed E-state index contributed by atoms with van der Waals surface area (Å²) in [4.78, 5) is 12.4. The molecule has 4 nitrogen and oxygen atoms in total. The molecule has 0 saturated heterocycles. The lowest BCUT2D eigenvalue weighted by Crippen LogP contribution is -2.19. The predicted molar refractivity (Wildman–Crippen MR) is 69.6 cm³/mol. The molecule has 0 fully saturated rings. The van der Waals surface area contributed by atoms with E-state index in [-0.39, 0.29) is 0 Å². The van der Waals surface area contributed by atoms with Gasteiger partial charge in [-0.25, -0.2) is 9.18 Å². The van der Waals surface area contributed by atoms with Crippen molar-refractivity contribution in [1.82, 2.24) is 4.90 Å². The van der Waals surface area contributed by atoms with Crippen molar-refractivity contribution in [3.63, 3.8) is 0 Å². The van der Waals surface area contributed by atoms with Crippen LogP contribution < -0.4 is 0 Å². The Morgan fingerprint density at radius 1 is 1.58 bits per heavy atom. The van der Waals surface area contributed by atoms with Crippen LogP contribution in [0.25, 0.3) is 6.08 Å². The van der Waals surface area contributed by atoms with E-state index in [1.54, 1.807) is 6.07 Å². The molecule has 0 aliphatic carbocycles. The fraction of sp³-hybridized carbons (Fsp3) is 0.286. The van der Waals surface area contributed by atoms with Gasteiger partial charge in [-0.2, -0.15) is 5.26 Å². The zero-order chi connectivity index (χ0) is 14.3. The fourth-order valence-corrected chi connectivity index (χ4v) is 1.64. The summed E-state index contributed by atoms with van der Waals surface area (Å²) in [5, 5.41) is 17.1. The van der Waals surface area contributed by atoms with E-state index in [4.69, 9.17) is 10.4 Å². The highest BCUT2D eigenvalue weighted by Gasteiger charge is 2.06. The van der Waals surface area contributed by atoms with Crippen molar-refractivity contribution >= 4 is 12.0 Å². The maximum absolute atomic E-state index is 13.2. The molecule has 5 heteroatoms. The molecule has 100 valence electrons. The normalized spacial score (nSPS) is 10.8. The molecule has 0 unspecified atom stereocenters. The second-order valence-electron chi connectivity index (χ2n) is 4.16. The van der Waals surface area contributed by atoms with Gasteiger partial charge in [0.1, 0.15) is 5.82 Å². The summed E-state index contributed by atoms with van der Waals surface area (Å²) in [5.41, 5.74) is 1.35. The lowest BCUT2D eigenvalue weighted by Gasteiger charge is -2.16. The SMILES string of the molecule is CN(CCC#N)Cc1ccc(F)cc1/C=C/C(=O)O. The topological polar surface area (TPSA) is 64.3 Å². The first-order valence-corrected chi connectivity index (χ1v) is 5.78. The first-order chi connectivity index (χ1) is 9.02. The first-order valence-electron chi connectivity index (χ1n) is 5.78. The number of nitriles is 1. The van der Waals surface area contributed by atoms with E-state index in [0.717, 1.165) is 11.6 Å². The van der Waals surface area contributed by atoms with E-state index in [1.807, 2.05) is 11.9 Å². The molecular formula is C14H15FN2O2. The number of halogens is 1. The minimum Gasteiger partial charge on any atom is -0.478 e. The second-order valence-corrected chi connectivity index (χ2v) is 4.16. The third kappa shape index (κ3) is 5.32. The number of aliphatic carboxylic acids is 1. The van der Waals surface area contributed by atoms with Crippen LogP contribution in [0.3, 0.4) is 0 Å². The van der Waals surface area contributed by atoms with Crippen molar-refractivity contribution in [2.24, 2.45) is 0 Å². The number of carboxylic acid groups (broad SMARTS) is 1. The number of hydrogen-bond donors (Lipinski definition) is 1. The van der Waals surface area contributed by atoms with Gasteiger partial charge in [0.25, 0.3) is 0 Å². The molecule has 0 amide bonds. The van der Waals surface area contributed by atoms with Crippen LogP contribution in [-0.4, -0.2) is 29.6 Å². The highest BCUT2D eigenvalue weighted by Crippen LogP contribution is 2.15. The third-order valence-corrected chi connectivity index (χ3v) is 2.56. The van der Waals surface area contributed by atoms with Crippen LogP contribution in [0.15, 0.2) is 24.3 Å². The highest BCUT2D eigenvalue weighted by atomic mass is 19.1. The van der Waals surface area contributed by atoms with Crippen molar-refractivity contribution in [1.29, 1.82) is 5.26 Å². The molecule has 1 aromatic carbocycles. The van der Waals surface area contributed by atoms with Crippen LogP contribution in [0, 0.1) is 17.1 Å². The third-order valence-electron chi connectivity index (χ3n) is 2.56. The number of rotatable bonds is 6. The largest absolute Gasteiger partial charge is 0.478 e. The molecule has 0 saturated carbocycles. The molecule has 1 N–H and O–H groups in total. The average molecular weight is 262 g/mol. The number of nitrogens with zero attached hydrogens (tertiary/aromatic N) is 2. The lowest BCUT2D eigenvalue weighted by molar-refractivity contribution is -0.131. The summed E-state index contributed by atoms with van der Waals surface area (Å²) in [6.07, 6.45) is 2.77. The molecule has 0 aliphatic rings. The Bertz CT molecular complexity index is 521. The number of benzene rings is 1. The molecule has 0 aromatic heterocycles. The minimum absolute atomic E-state index is 0.409. The minimum atomic E-state index is -1.08. The van der Waals surface area contributed by atoms with Gasteiger partial charge < -0.3 is 10.0 Å². The van der Waals surface area contributed by atoms with Crippen LogP contribution in [0.1, 0.15) is 17.5 Å². The van der Waals surface area contributed by atoms with Gasteiger partial charge in [0.15, 0.2) is 0 Å². The van der Waals surface area contributed by atoms with Crippen molar-refractivity contribution in [2.75, 3.05) is 13.6 Å². The standard InChI is InChI=1S/C14H15FN2O2/c1-17(8-2-7-16)10-12-3-5-13(15)9-11(12)4-6-14(18)19/h3-6,9H,2,8,10H2,1H3,(H,18,19)/b6-4+. The Balaban J connectivity index is 2.87. The summed E-state index contributed by atoms with van der Waals surface area (Å²) in [5.74, 6) is -1.48. The Morgan fingerprint density at radius 3 is 2.95 bits per heavy atom. The van der Waals surface area contributed by atoms with Crippen molar-refractivity contribution in [3.8, 4) is 6.07 Å². The quantitative estimate of drug-likeness (QED) is 0.799. The van der Waals surface area contributed by atoms with E-state index >= 15 is 0 Å². The van der Waals surface area contributed by atoms with Crippen LogP contribution in [0.2, 0.25) is 0 Å². The van der Waals surface area contributed by atoms with E-state index in [1.165, 1.54) is 18.2 Å². The first kappa shape index (κ1) is 14.9. The van der Waals surface area contributed by atoms with Gasteiger partial charge in [0.05, 0.1) is 6.07 Å². The summed E-state index contributed by atoms with van der Waals surface area (Å²) >= 11 is 0. The molecule has 0 bridgehead atoms. The van der Waals surface area contributed by atoms with E-state index in [0.29, 0.717) is 25.1 Å². The second kappa shape index (κ2) is 7.29. The van der Waals surface area contributed by atoms with E-state index in [9.17, 15) is 9.18 Å². The molecule has 19 heavy (non-hydrogen) atoms. The van der Waals surface area contributed by atoms with Crippen molar-refractivity contribution in [2.45, 2.75) is 13.0 Å². The van der Waals surface area contributed by atoms with Crippen LogP contribution in [0.5, 0.6) is 0 Å². The lowest BCUT2D eigenvalue weighted by atomic mass is 10.1. The van der Waals surface area contributed by atoms with E-state index < -0.39 is 11.8 Å². The molecule has 0 heterocycles. The van der Waals surface area contributed by atoms with Gasteiger partial charge >= 0.3 is 5.97 Å². The Kier molecular flexibility index (Phi) is 5.71. The van der Waals surface area contributed by atoms with Gasteiger partial charge in [-0.3, -0.25) is 0 Å². The average Bonchev–Trinajstić information content (AvgIpc) is 2.36. The Morgan fingerprint density at radius 2 is 2.32 bits per heavy atom. The van der Waals surface area contributed by atoms with Gasteiger partial charge in [0.2, 0.25) is 0 Å². The maximum atomic E-state index is 13.2. The van der Waals surface area contributed by atoms with E-state index in [2.05, 4.69) is 6.07 Å². The van der Waals surface area contributed by atoms with Gasteiger partial charge in [-0.05, 0) is 36.4 Å². The zero-order valence-electron chi connectivity index (χ0n) is 10.6. The molecule has 1 rings (SSSR count). The van der Waals surface area contributed by atoms with Crippen molar-refractivity contribution in [3.05, 3.63) is 41.2 Å². The van der Waals surface area contributed by atoms with Crippen LogP contribution in [0.4, 0.5) is 4.39 Å². The molecule has 0 aliphatic heterocycles.